The number of benzene rings is 2. The zero-order valence-corrected chi connectivity index (χ0v) is 25.3. The summed E-state index contributed by atoms with van der Waals surface area (Å²) < 4.78 is 24.9. The zero-order chi connectivity index (χ0) is 29.3. The molecular weight excluding hydrogens is 529 g/mol. The molecule has 0 spiro atoms. The fourth-order valence-corrected chi connectivity index (χ4v) is 4.98. The van der Waals surface area contributed by atoms with Crippen molar-refractivity contribution in [3.63, 3.8) is 0 Å². The van der Waals surface area contributed by atoms with Crippen molar-refractivity contribution in [1.29, 1.82) is 0 Å². The molecule has 1 aliphatic rings. The van der Waals surface area contributed by atoms with E-state index in [4.69, 9.17) is 9.47 Å². The molecule has 1 aliphatic heterocycles. The van der Waals surface area contributed by atoms with Crippen LogP contribution in [0.1, 0.15) is 58.6 Å². The molecule has 0 aliphatic carbocycles. The lowest BCUT2D eigenvalue weighted by atomic mass is 10.0. The van der Waals surface area contributed by atoms with Crippen molar-refractivity contribution in [2.45, 2.75) is 72.1 Å². The summed E-state index contributed by atoms with van der Waals surface area (Å²) in [7, 11) is 0. The fraction of sp³-hybridized carbons (Fsp3) is 0.516. The first-order chi connectivity index (χ1) is 18.9. The molecule has 0 bridgehead atoms. The highest BCUT2D eigenvalue weighted by atomic mass is 32.2. The van der Waals surface area contributed by atoms with Gasteiger partial charge in [-0.1, -0.05) is 49.9 Å². The maximum atomic E-state index is 13.6. The number of aliphatic imine (C=N–C) groups is 1. The molecule has 0 N–H and O–H groups in total. The average molecular weight is 572 g/mol. The van der Waals surface area contributed by atoms with Gasteiger partial charge < -0.3 is 19.3 Å². The summed E-state index contributed by atoms with van der Waals surface area (Å²) in [5.74, 6) is 0.676. The van der Waals surface area contributed by atoms with E-state index in [0.717, 1.165) is 16.9 Å². The van der Waals surface area contributed by atoms with Crippen LogP contribution in [-0.4, -0.2) is 64.6 Å². The Bertz CT molecular complexity index is 1140. The number of amidine groups is 1. The largest absolute Gasteiger partial charge is 0.493 e. The molecule has 0 atom stereocenters. The van der Waals surface area contributed by atoms with Gasteiger partial charge in [-0.2, -0.15) is 4.99 Å². The molecule has 2 amide bonds. The van der Waals surface area contributed by atoms with Gasteiger partial charge in [0.15, 0.2) is 5.17 Å². The Kier molecular flexibility index (Phi) is 11.4. The van der Waals surface area contributed by atoms with Crippen LogP contribution in [0.25, 0.3) is 0 Å². The third-order valence-corrected chi connectivity index (χ3v) is 7.02. The van der Waals surface area contributed by atoms with Gasteiger partial charge in [0.05, 0.1) is 13.0 Å². The van der Waals surface area contributed by atoms with Crippen LogP contribution in [0.15, 0.2) is 53.5 Å². The summed E-state index contributed by atoms with van der Waals surface area (Å²) in [6, 6.07) is 14.0. The lowest BCUT2D eigenvalue weighted by molar-refractivity contribution is -0.117. The second-order valence-corrected chi connectivity index (χ2v) is 12.2. The summed E-state index contributed by atoms with van der Waals surface area (Å²) in [6.45, 7) is 12.0. The van der Waals surface area contributed by atoms with Gasteiger partial charge in [-0.15, -0.1) is 0 Å². The highest BCUT2D eigenvalue weighted by Crippen LogP contribution is 2.25. The molecule has 1 saturated heterocycles. The molecule has 2 aromatic rings. The summed E-state index contributed by atoms with van der Waals surface area (Å²) in [4.78, 5) is 34.0. The van der Waals surface area contributed by atoms with Crippen molar-refractivity contribution in [3.8, 4) is 5.75 Å². The first-order valence-electron chi connectivity index (χ1n) is 13.8. The van der Waals surface area contributed by atoms with Gasteiger partial charge in [0, 0.05) is 25.7 Å². The number of amides is 2. The van der Waals surface area contributed by atoms with Crippen LogP contribution in [0.2, 0.25) is 0 Å². The molecule has 7 nitrogen and oxygen atoms in total. The number of hydrogen-bond donors (Lipinski definition) is 0. The first kappa shape index (κ1) is 31.5. The maximum Gasteiger partial charge on any atom is 0.410 e. The van der Waals surface area contributed by atoms with Crippen LogP contribution in [0.5, 0.6) is 5.75 Å². The molecule has 9 heteroatoms. The van der Waals surface area contributed by atoms with Gasteiger partial charge in [0.1, 0.15) is 17.2 Å². The van der Waals surface area contributed by atoms with Crippen LogP contribution < -0.4 is 4.74 Å². The standard InChI is InChI=1S/C31H42FN3O4S/c1-22(2)21-38-27-13-9-23(10-14-27)19-28(36)33-29(40-6)35(20-24-7-11-25(32)12-8-24)26-15-17-34(18-16-26)30(37)39-31(3,4)5/h7-14,22,26H,15-21H2,1-6H3/b33-29-. The second-order valence-electron chi connectivity index (χ2n) is 11.5. The van der Waals surface area contributed by atoms with Gasteiger partial charge in [0.25, 0.3) is 5.91 Å². The smallest absolute Gasteiger partial charge is 0.410 e. The van der Waals surface area contributed by atoms with Crippen LogP contribution >= 0.6 is 11.8 Å². The van der Waals surface area contributed by atoms with Crippen molar-refractivity contribution in [2.24, 2.45) is 10.9 Å². The molecule has 0 aromatic heterocycles. The van der Waals surface area contributed by atoms with Crippen molar-refractivity contribution >= 4 is 28.9 Å². The third-order valence-electron chi connectivity index (χ3n) is 6.33. The lowest BCUT2D eigenvalue weighted by Crippen LogP contribution is -2.49. The molecular formula is C31H42FN3O4S. The number of rotatable bonds is 8. The number of nitrogens with zero attached hydrogens (tertiary/aromatic N) is 3. The van der Waals surface area contributed by atoms with Crippen LogP contribution in [0, 0.1) is 11.7 Å². The fourth-order valence-electron chi connectivity index (χ4n) is 4.34. The predicted octanol–water partition coefficient (Wildman–Crippen LogP) is 6.55. The third kappa shape index (κ3) is 10.2. The van der Waals surface area contributed by atoms with E-state index in [0.29, 0.717) is 50.2 Å². The Morgan fingerprint density at radius 1 is 1.05 bits per heavy atom. The van der Waals surface area contributed by atoms with Crippen molar-refractivity contribution in [3.05, 3.63) is 65.5 Å². The average Bonchev–Trinajstić information content (AvgIpc) is 2.90. The number of carbonyl (C=O) groups is 2. The Hall–Kier alpha value is -3.07. The Labute approximate surface area is 242 Å². The van der Waals surface area contributed by atoms with Gasteiger partial charge in [-0.25, -0.2) is 9.18 Å². The van der Waals surface area contributed by atoms with Gasteiger partial charge in [-0.3, -0.25) is 4.79 Å². The summed E-state index contributed by atoms with van der Waals surface area (Å²) in [5, 5.41) is 0.613. The molecule has 40 heavy (non-hydrogen) atoms. The second kappa shape index (κ2) is 14.5. The molecule has 0 unspecified atom stereocenters. The molecule has 3 rings (SSSR count). The minimum Gasteiger partial charge on any atom is -0.493 e. The highest BCUT2D eigenvalue weighted by Gasteiger charge is 2.31. The zero-order valence-electron chi connectivity index (χ0n) is 24.5. The number of piperidine rings is 1. The van der Waals surface area contributed by atoms with E-state index >= 15 is 0 Å². The topological polar surface area (TPSA) is 71.4 Å². The quantitative estimate of drug-likeness (QED) is 0.264. The van der Waals surface area contributed by atoms with E-state index in [1.165, 1.54) is 23.9 Å². The summed E-state index contributed by atoms with van der Waals surface area (Å²) in [5.41, 5.74) is 1.23. The molecule has 0 saturated carbocycles. The minimum atomic E-state index is -0.553. The highest BCUT2D eigenvalue weighted by molar-refractivity contribution is 8.13. The Morgan fingerprint density at radius 2 is 1.65 bits per heavy atom. The monoisotopic (exact) mass is 571 g/mol. The molecule has 0 radical (unpaired) electrons. The van der Waals surface area contributed by atoms with E-state index in [1.54, 1.807) is 17.0 Å². The van der Waals surface area contributed by atoms with Crippen LogP contribution in [0.3, 0.4) is 0 Å². The van der Waals surface area contributed by atoms with E-state index < -0.39 is 5.60 Å². The molecule has 218 valence electrons. The van der Waals surface area contributed by atoms with Crippen LogP contribution in [-0.2, 0) is 22.5 Å². The minimum absolute atomic E-state index is 0.0557. The molecule has 2 aromatic carbocycles. The summed E-state index contributed by atoms with van der Waals surface area (Å²) >= 11 is 1.42. The maximum absolute atomic E-state index is 13.6. The predicted molar refractivity (Wildman–Crippen MR) is 159 cm³/mol. The molecule has 1 fully saturated rings. The number of halogens is 1. The number of hydrogen-bond acceptors (Lipinski definition) is 5. The van der Waals surface area contributed by atoms with Gasteiger partial charge >= 0.3 is 6.09 Å². The summed E-state index contributed by atoms with van der Waals surface area (Å²) in [6.07, 6.45) is 3.17. The van der Waals surface area contributed by atoms with E-state index in [-0.39, 0.29) is 30.3 Å². The van der Waals surface area contributed by atoms with Crippen molar-refractivity contribution in [2.75, 3.05) is 26.0 Å². The SMILES string of the molecule is CS/C(=N\C(=O)Cc1ccc(OCC(C)C)cc1)N(Cc1ccc(F)cc1)C1CCN(C(=O)OC(C)(C)C)CC1. The lowest BCUT2D eigenvalue weighted by Gasteiger charge is -2.40. The molecule has 1 heterocycles. The van der Waals surface area contributed by atoms with Crippen molar-refractivity contribution in [1.82, 2.24) is 9.80 Å². The Balaban J connectivity index is 1.73. The number of ether oxygens (including phenoxy) is 2. The Morgan fingerprint density at radius 3 is 2.20 bits per heavy atom. The normalized spacial score (nSPS) is 14.8. The van der Waals surface area contributed by atoms with Gasteiger partial charge in [0.2, 0.25) is 0 Å². The number of likely N-dealkylation sites (tertiary alicyclic amines) is 1. The number of carbonyl (C=O) groups excluding carboxylic acids is 2. The van der Waals surface area contributed by atoms with Gasteiger partial charge in [-0.05, 0) is 81.2 Å². The number of thioether (sulfide) groups is 1. The first-order valence-corrected chi connectivity index (χ1v) is 15.0. The van der Waals surface area contributed by atoms with Crippen LogP contribution in [0.4, 0.5) is 9.18 Å². The van der Waals surface area contributed by atoms with Crippen molar-refractivity contribution < 1.29 is 23.5 Å². The van der Waals surface area contributed by atoms with E-state index in [9.17, 15) is 14.0 Å². The van der Waals surface area contributed by atoms with E-state index in [1.807, 2.05) is 51.3 Å². The van der Waals surface area contributed by atoms with E-state index in [2.05, 4.69) is 23.7 Å².